The Morgan fingerprint density at radius 3 is 2.38 bits per heavy atom. The monoisotopic (exact) mass is 182 g/mol. The zero-order valence-corrected chi connectivity index (χ0v) is 9.52. The molecule has 0 bridgehead atoms. The summed E-state index contributed by atoms with van der Waals surface area (Å²) in [6.45, 7) is 6.49. The smallest absolute Gasteiger partial charge is 0.0225 e. The normalized spacial score (nSPS) is 13.3. The molecule has 0 unspecified atom stereocenters. The van der Waals surface area contributed by atoms with E-state index in [2.05, 4.69) is 38.5 Å². The standard InChI is InChI=1S/C11H22N2/c1-6-7-8-10(2)11(3)9-13(5)12-4/h8-9,12H,6-7H2,1-5H3/b10-8+,11-9+. The van der Waals surface area contributed by atoms with Gasteiger partial charge in [-0.05, 0) is 25.8 Å². The second-order valence-electron chi connectivity index (χ2n) is 3.32. The van der Waals surface area contributed by atoms with Gasteiger partial charge in [0.05, 0.1) is 0 Å². The van der Waals surface area contributed by atoms with Gasteiger partial charge >= 0.3 is 0 Å². The highest BCUT2D eigenvalue weighted by Crippen LogP contribution is 2.09. The summed E-state index contributed by atoms with van der Waals surface area (Å²) in [5.74, 6) is 0. The number of rotatable bonds is 5. The SMILES string of the molecule is CCC/C=C(C)/C(C)=C/N(C)NC. The first-order valence-corrected chi connectivity index (χ1v) is 4.87. The van der Waals surface area contributed by atoms with Crippen LogP contribution in [0.4, 0.5) is 0 Å². The summed E-state index contributed by atoms with van der Waals surface area (Å²) in [5, 5.41) is 1.96. The summed E-state index contributed by atoms with van der Waals surface area (Å²) in [6, 6.07) is 0. The van der Waals surface area contributed by atoms with E-state index in [0.717, 1.165) is 0 Å². The third-order valence-electron chi connectivity index (χ3n) is 2.10. The number of nitrogens with zero attached hydrogens (tertiary/aromatic N) is 1. The van der Waals surface area contributed by atoms with E-state index in [0.29, 0.717) is 0 Å². The molecular formula is C11H22N2. The molecule has 0 aromatic carbocycles. The summed E-state index contributed by atoms with van der Waals surface area (Å²) in [7, 11) is 3.91. The van der Waals surface area contributed by atoms with Crippen LogP contribution in [0.5, 0.6) is 0 Å². The Morgan fingerprint density at radius 2 is 1.92 bits per heavy atom. The van der Waals surface area contributed by atoms with Crippen LogP contribution in [-0.2, 0) is 0 Å². The fourth-order valence-corrected chi connectivity index (χ4v) is 0.979. The van der Waals surface area contributed by atoms with Crippen molar-refractivity contribution in [1.82, 2.24) is 10.4 Å². The summed E-state index contributed by atoms with van der Waals surface area (Å²) in [6.07, 6.45) is 6.77. The van der Waals surface area contributed by atoms with Gasteiger partial charge in [0.1, 0.15) is 0 Å². The molecule has 1 N–H and O–H groups in total. The van der Waals surface area contributed by atoms with Gasteiger partial charge in [0, 0.05) is 20.3 Å². The molecule has 0 aromatic heterocycles. The van der Waals surface area contributed by atoms with Crippen molar-refractivity contribution < 1.29 is 0 Å². The zero-order chi connectivity index (χ0) is 10.3. The summed E-state index contributed by atoms with van der Waals surface area (Å²) in [5.41, 5.74) is 5.71. The molecule has 0 aromatic rings. The molecule has 0 spiro atoms. The van der Waals surface area contributed by atoms with Crippen molar-refractivity contribution >= 4 is 0 Å². The van der Waals surface area contributed by atoms with E-state index in [1.807, 2.05) is 19.1 Å². The van der Waals surface area contributed by atoms with E-state index in [4.69, 9.17) is 0 Å². The number of hydrogen-bond donors (Lipinski definition) is 1. The minimum Gasteiger partial charge on any atom is -0.319 e. The molecule has 0 rings (SSSR count). The van der Waals surface area contributed by atoms with E-state index < -0.39 is 0 Å². The van der Waals surface area contributed by atoms with Crippen LogP contribution in [0.15, 0.2) is 23.4 Å². The number of hydrazine groups is 1. The van der Waals surface area contributed by atoms with Crippen LogP contribution in [0.2, 0.25) is 0 Å². The number of unbranched alkanes of at least 4 members (excludes halogenated alkanes) is 1. The van der Waals surface area contributed by atoms with Gasteiger partial charge in [-0.3, -0.25) is 0 Å². The number of allylic oxidation sites excluding steroid dienone is 3. The quantitative estimate of drug-likeness (QED) is 0.519. The maximum Gasteiger partial charge on any atom is 0.0225 e. The molecule has 0 heterocycles. The molecule has 0 fully saturated rings. The average Bonchev–Trinajstić information content (AvgIpc) is 2.13. The largest absolute Gasteiger partial charge is 0.319 e. The molecule has 0 amide bonds. The lowest BCUT2D eigenvalue weighted by Gasteiger charge is -2.13. The Balaban J connectivity index is 4.22. The lowest BCUT2D eigenvalue weighted by Crippen LogP contribution is -2.25. The van der Waals surface area contributed by atoms with Crippen LogP contribution in [-0.4, -0.2) is 19.1 Å². The molecule has 2 heteroatoms. The number of nitrogens with one attached hydrogen (secondary N) is 1. The summed E-state index contributed by atoms with van der Waals surface area (Å²) < 4.78 is 0. The molecule has 0 aliphatic rings. The fourth-order valence-electron chi connectivity index (χ4n) is 0.979. The topological polar surface area (TPSA) is 15.3 Å². The molecule has 0 saturated carbocycles. The molecule has 76 valence electrons. The Labute approximate surface area is 82.3 Å². The second kappa shape index (κ2) is 6.72. The van der Waals surface area contributed by atoms with Crippen molar-refractivity contribution in [3.8, 4) is 0 Å². The van der Waals surface area contributed by atoms with Gasteiger partial charge in [-0.2, -0.15) is 0 Å². The molecule has 0 aliphatic carbocycles. The molecule has 0 aliphatic heterocycles. The van der Waals surface area contributed by atoms with E-state index in [1.165, 1.54) is 24.0 Å². The van der Waals surface area contributed by atoms with Gasteiger partial charge in [-0.25, -0.2) is 5.43 Å². The molecule has 0 atom stereocenters. The van der Waals surface area contributed by atoms with Crippen LogP contribution >= 0.6 is 0 Å². The summed E-state index contributed by atoms with van der Waals surface area (Å²) >= 11 is 0. The van der Waals surface area contributed by atoms with Gasteiger partial charge in [-0.15, -0.1) is 0 Å². The second-order valence-corrected chi connectivity index (χ2v) is 3.32. The van der Waals surface area contributed by atoms with Gasteiger partial charge in [0.2, 0.25) is 0 Å². The predicted molar refractivity (Wildman–Crippen MR) is 59.2 cm³/mol. The van der Waals surface area contributed by atoms with Crippen molar-refractivity contribution in [3.05, 3.63) is 23.4 Å². The van der Waals surface area contributed by atoms with Crippen LogP contribution in [0, 0.1) is 0 Å². The van der Waals surface area contributed by atoms with Crippen molar-refractivity contribution in [2.75, 3.05) is 14.1 Å². The van der Waals surface area contributed by atoms with E-state index in [9.17, 15) is 0 Å². The van der Waals surface area contributed by atoms with Crippen LogP contribution in [0.3, 0.4) is 0 Å². The summed E-state index contributed by atoms with van der Waals surface area (Å²) in [4.78, 5) is 0. The first-order valence-electron chi connectivity index (χ1n) is 4.87. The molecule has 13 heavy (non-hydrogen) atoms. The van der Waals surface area contributed by atoms with E-state index in [-0.39, 0.29) is 0 Å². The van der Waals surface area contributed by atoms with Crippen molar-refractivity contribution in [2.24, 2.45) is 0 Å². The Bertz CT molecular complexity index is 192. The first-order chi connectivity index (χ1) is 6.11. The Kier molecular flexibility index (Phi) is 6.33. The van der Waals surface area contributed by atoms with Gasteiger partial charge in [0.25, 0.3) is 0 Å². The highest BCUT2D eigenvalue weighted by atomic mass is 15.5. The van der Waals surface area contributed by atoms with Gasteiger partial charge in [-0.1, -0.05) is 25.0 Å². The third kappa shape index (κ3) is 5.47. The maximum absolute atomic E-state index is 3.04. The van der Waals surface area contributed by atoms with Gasteiger partial charge in [0.15, 0.2) is 0 Å². The lowest BCUT2D eigenvalue weighted by molar-refractivity contribution is 0.363. The molecule has 0 radical (unpaired) electrons. The first kappa shape index (κ1) is 12.2. The Morgan fingerprint density at radius 1 is 1.31 bits per heavy atom. The van der Waals surface area contributed by atoms with Crippen LogP contribution in [0.25, 0.3) is 0 Å². The maximum atomic E-state index is 3.04. The highest BCUT2D eigenvalue weighted by molar-refractivity contribution is 5.26. The zero-order valence-electron chi connectivity index (χ0n) is 9.52. The Hall–Kier alpha value is -0.760. The predicted octanol–water partition coefficient (Wildman–Crippen LogP) is 2.70. The fraction of sp³-hybridized carbons (Fsp3) is 0.636. The van der Waals surface area contributed by atoms with Crippen molar-refractivity contribution in [3.63, 3.8) is 0 Å². The third-order valence-corrected chi connectivity index (χ3v) is 2.10. The van der Waals surface area contributed by atoms with E-state index in [1.54, 1.807) is 0 Å². The average molecular weight is 182 g/mol. The highest BCUT2D eigenvalue weighted by Gasteiger charge is 1.93. The lowest BCUT2D eigenvalue weighted by atomic mass is 10.1. The van der Waals surface area contributed by atoms with Crippen LogP contribution in [0.1, 0.15) is 33.6 Å². The van der Waals surface area contributed by atoms with Gasteiger partial charge < -0.3 is 5.01 Å². The minimum atomic E-state index is 1.17. The van der Waals surface area contributed by atoms with Crippen molar-refractivity contribution in [2.45, 2.75) is 33.6 Å². The molecule has 0 saturated heterocycles. The molecule has 2 nitrogen and oxygen atoms in total. The van der Waals surface area contributed by atoms with Crippen LogP contribution < -0.4 is 5.43 Å². The molecular weight excluding hydrogens is 160 g/mol. The number of hydrogen-bond acceptors (Lipinski definition) is 2. The van der Waals surface area contributed by atoms with Crippen molar-refractivity contribution in [1.29, 1.82) is 0 Å². The van der Waals surface area contributed by atoms with E-state index >= 15 is 0 Å². The minimum absolute atomic E-state index is 1.17.